The van der Waals surface area contributed by atoms with E-state index in [-0.39, 0.29) is 5.54 Å². The van der Waals surface area contributed by atoms with Gasteiger partial charge in [0.05, 0.1) is 6.61 Å². The Morgan fingerprint density at radius 1 is 1.24 bits per heavy atom. The first-order chi connectivity index (χ1) is 8.30. The molecule has 1 saturated heterocycles. The van der Waals surface area contributed by atoms with E-state index in [2.05, 4.69) is 17.1 Å². The van der Waals surface area contributed by atoms with Crippen molar-refractivity contribution in [1.29, 1.82) is 0 Å². The van der Waals surface area contributed by atoms with Gasteiger partial charge in [0.1, 0.15) is 0 Å². The molecule has 17 heavy (non-hydrogen) atoms. The van der Waals surface area contributed by atoms with Gasteiger partial charge >= 0.3 is 0 Å². The number of aliphatic hydroxyl groups is 1. The molecule has 3 nitrogen and oxygen atoms in total. The summed E-state index contributed by atoms with van der Waals surface area (Å²) in [7, 11) is 0. The molecule has 1 saturated carbocycles. The minimum absolute atomic E-state index is 0.103. The van der Waals surface area contributed by atoms with Crippen molar-refractivity contribution < 1.29 is 5.11 Å². The van der Waals surface area contributed by atoms with E-state index in [0.717, 1.165) is 32.1 Å². The highest BCUT2D eigenvalue weighted by atomic mass is 16.3. The van der Waals surface area contributed by atoms with Crippen molar-refractivity contribution in [2.45, 2.75) is 51.0 Å². The maximum atomic E-state index is 9.92. The van der Waals surface area contributed by atoms with E-state index in [1.807, 2.05) is 0 Å². The summed E-state index contributed by atoms with van der Waals surface area (Å²) in [5.41, 5.74) is 0.103. The van der Waals surface area contributed by atoms with Crippen molar-refractivity contribution in [3.05, 3.63) is 0 Å². The third-order valence-electron chi connectivity index (χ3n) is 4.93. The van der Waals surface area contributed by atoms with Crippen molar-refractivity contribution in [2.24, 2.45) is 5.92 Å². The summed E-state index contributed by atoms with van der Waals surface area (Å²) in [5.74, 6) is 0.895. The Morgan fingerprint density at radius 2 is 2.00 bits per heavy atom. The van der Waals surface area contributed by atoms with Crippen LogP contribution in [0.5, 0.6) is 0 Å². The SMILES string of the molecule is CCC1CCCC(CO)(N2CCNCC2)CC1. The van der Waals surface area contributed by atoms with E-state index < -0.39 is 0 Å². The third kappa shape index (κ3) is 3.01. The average Bonchev–Trinajstić information content (AvgIpc) is 2.62. The maximum Gasteiger partial charge on any atom is 0.0615 e. The van der Waals surface area contributed by atoms with Crippen LogP contribution in [0.3, 0.4) is 0 Å². The molecule has 2 aliphatic rings. The van der Waals surface area contributed by atoms with E-state index in [0.29, 0.717) is 6.61 Å². The zero-order valence-electron chi connectivity index (χ0n) is 11.2. The lowest BCUT2D eigenvalue weighted by Crippen LogP contribution is -2.58. The molecular weight excluding hydrogens is 212 g/mol. The van der Waals surface area contributed by atoms with Crippen LogP contribution in [0.1, 0.15) is 45.4 Å². The van der Waals surface area contributed by atoms with Crippen LogP contribution in [0.25, 0.3) is 0 Å². The molecule has 0 amide bonds. The molecular formula is C14H28N2O. The fourth-order valence-corrected chi connectivity index (χ4v) is 3.58. The molecule has 1 aliphatic heterocycles. The van der Waals surface area contributed by atoms with Crippen LogP contribution in [0.4, 0.5) is 0 Å². The first-order valence-electron chi connectivity index (χ1n) is 7.37. The Hall–Kier alpha value is -0.120. The van der Waals surface area contributed by atoms with Crippen molar-refractivity contribution in [3.8, 4) is 0 Å². The van der Waals surface area contributed by atoms with Crippen molar-refractivity contribution in [2.75, 3.05) is 32.8 Å². The molecule has 2 fully saturated rings. The molecule has 3 heteroatoms. The van der Waals surface area contributed by atoms with E-state index in [1.54, 1.807) is 0 Å². The lowest BCUT2D eigenvalue weighted by molar-refractivity contribution is 0.00817. The lowest BCUT2D eigenvalue weighted by atomic mass is 9.87. The van der Waals surface area contributed by atoms with Crippen LogP contribution in [-0.4, -0.2) is 48.3 Å². The fourth-order valence-electron chi connectivity index (χ4n) is 3.58. The zero-order valence-corrected chi connectivity index (χ0v) is 11.2. The predicted molar refractivity (Wildman–Crippen MR) is 71.1 cm³/mol. The predicted octanol–water partition coefficient (Wildman–Crippen LogP) is 1.61. The molecule has 1 aliphatic carbocycles. The molecule has 0 bridgehead atoms. The Bertz CT molecular complexity index is 228. The van der Waals surface area contributed by atoms with Gasteiger partial charge < -0.3 is 10.4 Å². The lowest BCUT2D eigenvalue weighted by Gasteiger charge is -2.45. The smallest absolute Gasteiger partial charge is 0.0615 e. The van der Waals surface area contributed by atoms with E-state index in [4.69, 9.17) is 0 Å². The van der Waals surface area contributed by atoms with Gasteiger partial charge in [-0.1, -0.05) is 26.2 Å². The molecule has 0 radical (unpaired) electrons. The van der Waals surface area contributed by atoms with Gasteiger partial charge in [0, 0.05) is 31.7 Å². The van der Waals surface area contributed by atoms with Gasteiger partial charge in [-0.3, -0.25) is 4.90 Å². The molecule has 100 valence electrons. The summed E-state index contributed by atoms with van der Waals surface area (Å²) < 4.78 is 0. The maximum absolute atomic E-state index is 9.92. The number of hydrogen-bond donors (Lipinski definition) is 2. The van der Waals surface area contributed by atoms with E-state index >= 15 is 0 Å². The molecule has 0 spiro atoms. The second kappa shape index (κ2) is 6.17. The average molecular weight is 240 g/mol. The third-order valence-corrected chi connectivity index (χ3v) is 4.93. The van der Waals surface area contributed by atoms with Gasteiger partial charge in [0.25, 0.3) is 0 Å². The largest absolute Gasteiger partial charge is 0.394 e. The fraction of sp³-hybridized carbons (Fsp3) is 1.00. The number of hydrogen-bond acceptors (Lipinski definition) is 3. The quantitative estimate of drug-likeness (QED) is 0.736. The van der Waals surface area contributed by atoms with Gasteiger partial charge in [-0.25, -0.2) is 0 Å². The Kier molecular flexibility index (Phi) is 4.83. The van der Waals surface area contributed by atoms with Crippen LogP contribution in [0.15, 0.2) is 0 Å². The molecule has 2 atom stereocenters. The highest BCUT2D eigenvalue weighted by molar-refractivity contribution is 4.94. The second-order valence-electron chi connectivity index (χ2n) is 5.82. The summed E-state index contributed by atoms with van der Waals surface area (Å²) >= 11 is 0. The van der Waals surface area contributed by atoms with Crippen LogP contribution >= 0.6 is 0 Å². The minimum atomic E-state index is 0.103. The molecule has 0 aromatic rings. The standard InChI is InChI=1S/C14H28N2O/c1-2-13-4-3-6-14(12-17,7-5-13)16-10-8-15-9-11-16/h13,15,17H,2-12H2,1H3. The Labute approximate surface area is 106 Å². The number of nitrogens with one attached hydrogen (secondary N) is 1. The number of aliphatic hydroxyl groups excluding tert-OH is 1. The van der Waals surface area contributed by atoms with Crippen LogP contribution < -0.4 is 5.32 Å². The zero-order chi connectivity index (χ0) is 12.1. The van der Waals surface area contributed by atoms with Crippen LogP contribution in [-0.2, 0) is 0 Å². The highest BCUT2D eigenvalue weighted by Crippen LogP contribution is 2.35. The number of nitrogens with zero attached hydrogens (tertiary/aromatic N) is 1. The summed E-state index contributed by atoms with van der Waals surface area (Å²) in [5, 5.41) is 13.3. The highest BCUT2D eigenvalue weighted by Gasteiger charge is 2.38. The molecule has 2 unspecified atom stereocenters. The van der Waals surface area contributed by atoms with E-state index in [1.165, 1.54) is 38.5 Å². The summed E-state index contributed by atoms with van der Waals surface area (Å²) in [6.45, 7) is 7.04. The monoisotopic (exact) mass is 240 g/mol. The minimum Gasteiger partial charge on any atom is -0.394 e. The van der Waals surface area contributed by atoms with Gasteiger partial charge in [0.2, 0.25) is 0 Å². The van der Waals surface area contributed by atoms with Gasteiger partial charge in [-0.15, -0.1) is 0 Å². The first kappa shape index (κ1) is 13.3. The van der Waals surface area contributed by atoms with Crippen molar-refractivity contribution in [1.82, 2.24) is 10.2 Å². The molecule has 2 rings (SSSR count). The normalized spacial score (nSPS) is 36.7. The molecule has 1 heterocycles. The van der Waals surface area contributed by atoms with Gasteiger partial charge in [-0.05, 0) is 25.2 Å². The van der Waals surface area contributed by atoms with Crippen LogP contribution in [0.2, 0.25) is 0 Å². The second-order valence-corrected chi connectivity index (χ2v) is 5.82. The molecule has 0 aromatic heterocycles. The Balaban J connectivity index is 2.01. The van der Waals surface area contributed by atoms with Crippen molar-refractivity contribution >= 4 is 0 Å². The van der Waals surface area contributed by atoms with Crippen molar-refractivity contribution in [3.63, 3.8) is 0 Å². The molecule has 0 aromatic carbocycles. The summed E-state index contributed by atoms with van der Waals surface area (Å²) in [6.07, 6.45) is 7.67. The van der Waals surface area contributed by atoms with Crippen LogP contribution in [0, 0.1) is 5.92 Å². The summed E-state index contributed by atoms with van der Waals surface area (Å²) in [4.78, 5) is 2.56. The van der Waals surface area contributed by atoms with E-state index in [9.17, 15) is 5.11 Å². The van der Waals surface area contributed by atoms with Gasteiger partial charge in [-0.2, -0.15) is 0 Å². The first-order valence-corrected chi connectivity index (χ1v) is 7.37. The number of piperazine rings is 1. The van der Waals surface area contributed by atoms with Gasteiger partial charge in [0.15, 0.2) is 0 Å². The summed E-state index contributed by atoms with van der Waals surface area (Å²) in [6, 6.07) is 0. The Morgan fingerprint density at radius 3 is 2.65 bits per heavy atom. The molecule has 2 N–H and O–H groups in total. The topological polar surface area (TPSA) is 35.5 Å². The number of rotatable bonds is 3.